The third-order valence-electron chi connectivity index (χ3n) is 4.65. The Morgan fingerprint density at radius 3 is 2.37 bits per heavy atom. The molecule has 7 heteroatoms. The van der Waals surface area contributed by atoms with Gasteiger partial charge in [0.1, 0.15) is 22.7 Å². The molecular weight excluding hydrogens is 338 g/mol. The molecule has 6 aromatic heterocycles. The third-order valence-corrected chi connectivity index (χ3v) is 4.65. The van der Waals surface area contributed by atoms with Crippen LogP contribution in [0, 0.1) is 0 Å². The van der Waals surface area contributed by atoms with Crippen LogP contribution in [-0.4, -0.2) is 33.1 Å². The second-order valence-corrected chi connectivity index (χ2v) is 6.37. The van der Waals surface area contributed by atoms with E-state index in [4.69, 9.17) is 4.98 Å². The maximum atomic E-state index is 4.69. The monoisotopic (exact) mass is 351 g/mol. The molecule has 0 spiro atoms. The van der Waals surface area contributed by atoms with E-state index in [9.17, 15) is 0 Å². The van der Waals surface area contributed by atoms with Gasteiger partial charge in [0.2, 0.25) is 0 Å². The predicted octanol–water partition coefficient (Wildman–Crippen LogP) is 3.36. The van der Waals surface area contributed by atoms with Crippen LogP contribution in [0.4, 0.5) is 0 Å². The van der Waals surface area contributed by atoms with Crippen molar-refractivity contribution in [3.63, 3.8) is 0 Å². The first-order valence-corrected chi connectivity index (χ1v) is 8.55. The maximum absolute atomic E-state index is 4.69. The van der Waals surface area contributed by atoms with E-state index in [1.54, 1.807) is 12.4 Å². The zero-order valence-corrected chi connectivity index (χ0v) is 14.1. The summed E-state index contributed by atoms with van der Waals surface area (Å²) in [5, 5.41) is 0. The molecule has 6 rings (SSSR count). The predicted molar refractivity (Wildman–Crippen MR) is 101 cm³/mol. The highest BCUT2D eigenvalue weighted by Crippen LogP contribution is 2.22. The summed E-state index contributed by atoms with van der Waals surface area (Å²) in [4.78, 5) is 18.1. The number of pyridine rings is 2. The summed E-state index contributed by atoms with van der Waals surface area (Å²) in [5.41, 5.74) is 6.19. The molecule has 0 aliphatic carbocycles. The SMILES string of the molecule is c1ccn2cc(-c3ccc4nc(-c5cn6ccnc6cn5)cn4c3)nc2c1. The standard InChI is InChI=1S/C20H13N7/c1-2-7-25-11-15(23-18(25)3-1)14-4-5-19-24-17(13-27(19)10-14)16-12-26-8-6-21-20(26)9-22-16/h1-13H. The third kappa shape index (κ3) is 2.22. The van der Waals surface area contributed by atoms with Crippen LogP contribution in [0.2, 0.25) is 0 Å². The Kier molecular flexibility index (Phi) is 2.76. The van der Waals surface area contributed by atoms with Crippen LogP contribution >= 0.6 is 0 Å². The Balaban J connectivity index is 1.46. The van der Waals surface area contributed by atoms with Crippen molar-refractivity contribution in [3.05, 3.63) is 79.9 Å². The van der Waals surface area contributed by atoms with E-state index >= 15 is 0 Å². The van der Waals surface area contributed by atoms with Crippen LogP contribution in [0.3, 0.4) is 0 Å². The average molecular weight is 351 g/mol. The molecule has 0 aliphatic heterocycles. The summed E-state index contributed by atoms with van der Waals surface area (Å²) in [7, 11) is 0. The van der Waals surface area contributed by atoms with Gasteiger partial charge in [0.15, 0.2) is 5.65 Å². The highest BCUT2D eigenvalue weighted by atomic mass is 15.0. The molecule has 27 heavy (non-hydrogen) atoms. The van der Waals surface area contributed by atoms with Crippen molar-refractivity contribution in [2.45, 2.75) is 0 Å². The van der Waals surface area contributed by atoms with Crippen molar-refractivity contribution < 1.29 is 0 Å². The summed E-state index contributed by atoms with van der Waals surface area (Å²) in [6.45, 7) is 0. The molecule has 0 atom stereocenters. The van der Waals surface area contributed by atoms with Gasteiger partial charge in [0, 0.05) is 48.9 Å². The van der Waals surface area contributed by atoms with E-state index in [0.29, 0.717) is 0 Å². The molecule has 0 aromatic carbocycles. The fraction of sp³-hybridized carbons (Fsp3) is 0. The van der Waals surface area contributed by atoms with Crippen molar-refractivity contribution in [2.24, 2.45) is 0 Å². The van der Waals surface area contributed by atoms with Gasteiger partial charge >= 0.3 is 0 Å². The topological polar surface area (TPSA) is 64.8 Å². The van der Waals surface area contributed by atoms with Gasteiger partial charge in [-0.1, -0.05) is 6.07 Å². The normalized spacial score (nSPS) is 11.7. The quantitative estimate of drug-likeness (QED) is 0.480. The van der Waals surface area contributed by atoms with Crippen molar-refractivity contribution in [1.29, 1.82) is 0 Å². The lowest BCUT2D eigenvalue weighted by Gasteiger charge is -1.98. The summed E-state index contributed by atoms with van der Waals surface area (Å²) in [6, 6.07) is 10.0. The number of hydrogen-bond donors (Lipinski definition) is 0. The first kappa shape index (κ1) is 14.2. The molecule has 0 aliphatic rings. The number of nitrogens with zero attached hydrogens (tertiary/aromatic N) is 7. The Morgan fingerprint density at radius 2 is 1.41 bits per heavy atom. The highest BCUT2D eigenvalue weighted by molar-refractivity contribution is 5.66. The van der Waals surface area contributed by atoms with Gasteiger partial charge in [-0.15, -0.1) is 0 Å². The second-order valence-electron chi connectivity index (χ2n) is 6.37. The Hall–Kier alpha value is -4.00. The fourth-order valence-corrected chi connectivity index (χ4v) is 3.30. The van der Waals surface area contributed by atoms with E-state index in [-0.39, 0.29) is 0 Å². The molecule has 0 N–H and O–H groups in total. The van der Waals surface area contributed by atoms with E-state index in [0.717, 1.165) is 39.6 Å². The molecule has 0 bridgehead atoms. The maximum Gasteiger partial charge on any atom is 0.155 e. The Bertz CT molecular complexity index is 1400. The first-order chi connectivity index (χ1) is 13.3. The van der Waals surface area contributed by atoms with Gasteiger partial charge in [-0.3, -0.25) is 0 Å². The average Bonchev–Trinajstić information content (AvgIpc) is 3.42. The van der Waals surface area contributed by atoms with Crippen molar-refractivity contribution in [3.8, 4) is 22.6 Å². The van der Waals surface area contributed by atoms with Gasteiger partial charge in [-0.2, -0.15) is 0 Å². The molecule has 0 fully saturated rings. The number of imidazole rings is 3. The van der Waals surface area contributed by atoms with E-state index < -0.39 is 0 Å². The largest absolute Gasteiger partial charge is 0.306 e. The summed E-state index contributed by atoms with van der Waals surface area (Å²) < 4.78 is 5.96. The number of rotatable bonds is 2. The number of hydrogen-bond acceptors (Lipinski definition) is 4. The van der Waals surface area contributed by atoms with Gasteiger partial charge in [0.05, 0.1) is 11.9 Å². The van der Waals surface area contributed by atoms with E-state index in [1.807, 2.05) is 80.7 Å². The lowest BCUT2D eigenvalue weighted by Crippen LogP contribution is -1.89. The minimum Gasteiger partial charge on any atom is -0.306 e. The molecule has 6 heterocycles. The lowest BCUT2D eigenvalue weighted by atomic mass is 10.2. The second kappa shape index (κ2) is 5.25. The molecular formula is C20H13N7. The smallest absolute Gasteiger partial charge is 0.155 e. The first-order valence-electron chi connectivity index (χ1n) is 8.55. The summed E-state index contributed by atoms with van der Waals surface area (Å²) >= 11 is 0. The Labute approximate surface area is 153 Å². The summed E-state index contributed by atoms with van der Waals surface area (Å²) in [6.07, 6.45) is 15.4. The van der Waals surface area contributed by atoms with Crippen molar-refractivity contribution in [1.82, 2.24) is 33.1 Å². The van der Waals surface area contributed by atoms with Gasteiger partial charge in [-0.25, -0.2) is 19.9 Å². The van der Waals surface area contributed by atoms with Crippen LogP contribution in [0.15, 0.2) is 79.9 Å². The minimum atomic E-state index is 0.804. The van der Waals surface area contributed by atoms with Gasteiger partial charge in [-0.05, 0) is 24.3 Å². The molecule has 0 amide bonds. The molecule has 0 unspecified atom stereocenters. The zero-order chi connectivity index (χ0) is 17.8. The van der Waals surface area contributed by atoms with Crippen molar-refractivity contribution >= 4 is 16.9 Å². The van der Waals surface area contributed by atoms with Crippen LogP contribution in [0.25, 0.3) is 39.6 Å². The molecule has 0 saturated carbocycles. The molecule has 6 aromatic rings. The number of aromatic nitrogens is 7. The Morgan fingerprint density at radius 1 is 0.593 bits per heavy atom. The lowest BCUT2D eigenvalue weighted by molar-refractivity contribution is 1.12. The van der Waals surface area contributed by atoms with E-state index in [2.05, 4.69) is 15.0 Å². The highest BCUT2D eigenvalue weighted by Gasteiger charge is 2.10. The van der Waals surface area contributed by atoms with E-state index in [1.165, 1.54) is 0 Å². The minimum absolute atomic E-state index is 0.804. The molecule has 7 nitrogen and oxygen atoms in total. The van der Waals surface area contributed by atoms with Crippen LogP contribution in [0.1, 0.15) is 0 Å². The van der Waals surface area contributed by atoms with Crippen LogP contribution < -0.4 is 0 Å². The van der Waals surface area contributed by atoms with Crippen molar-refractivity contribution in [2.75, 3.05) is 0 Å². The van der Waals surface area contributed by atoms with Crippen LogP contribution in [0.5, 0.6) is 0 Å². The van der Waals surface area contributed by atoms with Gasteiger partial charge < -0.3 is 13.2 Å². The summed E-state index contributed by atoms with van der Waals surface area (Å²) in [5.74, 6) is 0. The molecule has 0 saturated heterocycles. The van der Waals surface area contributed by atoms with Gasteiger partial charge in [0.25, 0.3) is 0 Å². The zero-order valence-electron chi connectivity index (χ0n) is 14.1. The fourth-order valence-electron chi connectivity index (χ4n) is 3.30. The number of fused-ring (bicyclic) bond motifs is 3. The van der Waals surface area contributed by atoms with Crippen LogP contribution in [-0.2, 0) is 0 Å². The molecule has 0 radical (unpaired) electrons. The molecule has 128 valence electrons.